The van der Waals surface area contributed by atoms with Crippen molar-refractivity contribution in [3.8, 4) is 0 Å². The van der Waals surface area contributed by atoms with Crippen LogP contribution in [0.25, 0.3) is 10.9 Å². The van der Waals surface area contributed by atoms with Gasteiger partial charge in [-0.3, -0.25) is 4.79 Å². The molecule has 4 heteroatoms. The highest BCUT2D eigenvalue weighted by atomic mass is 16.1. The molecule has 4 nitrogen and oxygen atoms in total. The first-order valence-corrected chi connectivity index (χ1v) is 8.80. The van der Waals surface area contributed by atoms with E-state index < -0.39 is 0 Å². The van der Waals surface area contributed by atoms with Crippen molar-refractivity contribution in [3.05, 3.63) is 35.5 Å². The third-order valence-electron chi connectivity index (χ3n) is 5.06. The number of carbonyl (C=O) groups excluding carboxylic acids is 1. The number of carbonyl (C=O) groups is 1. The van der Waals surface area contributed by atoms with Crippen LogP contribution in [0.3, 0.4) is 0 Å². The van der Waals surface area contributed by atoms with Crippen molar-refractivity contribution >= 4 is 16.8 Å². The average Bonchev–Trinajstić information content (AvgIpc) is 2.92. The number of hydrogen-bond acceptors (Lipinski definition) is 2. The fourth-order valence-electron chi connectivity index (χ4n) is 3.72. The van der Waals surface area contributed by atoms with Gasteiger partial charge in [0, 0.05) is 16.6 Å². The number of nitrogens with two attached hydrogens (primary N) is 1. The van der Waals surface area contributed by atoms with Crippen molar-refractivity contribution in [3.63, 3.8) is 0 Å². The summed E-state index contributed by atoms with van der Waals surface area (Å²) in [5.74, 6) is 0.317. The Balaban J connectivity index is 1.70. The summed E-state index contributed by atoms with van der Waals surface area (Å²) in [6.45, 7) is 5.82. The van der Waals surface area contributed by atoms with Crippen LogP contribution in [0, 0.1) is 5.92 Å². The summed E-state index contributed by atoms with van der Waals surface area (Å²) < 4.78 is 0. The van der Waals surface area contributed by atoms with Crippen molar-refractivity contribution < 1.29 is 4.79 Å². The standard InChI is InChI=1S/C19H27N3O/c1-2-3-10-22-11-8-14(9-12-22)13-17-18(19(20)23)15-6-4-5-7-16(15)21-17/h4-7,14,21H,2-3,8-13H2,1H3,(H2,20,23). The summed E-state index contributed by atoms with van der Waals surface area (Å²) in [6.07, 6.45) is 5.89. The van der Waals surface area contributed by atoms with Crippen LogP contribution in [0.4, 0.5) is 0 Å². The van der Waals surface area contributed by atoms with Crippen LogP contribution in [0.1, 0.15) is 48.7 Å². The number of aromatic amines is 1. The van der Waals surface area contributed by atoms with Gasteiger partial charge in [-0.15, -0.1) is 0 Å². The van der Waals surface area contributed by atoms with Crippen molar-refractivity contribution in [2.24, 2.45) is 11.7 Å². The zero-order valence-corrected chi connectivity index (χ0v) is 14.0. The second-order valence-corrected chi connectivity index (χ2v) is 6.73. The molecule has 1 aliphatic rings. The zero-order valence-electron chi connectivity index (χ0n) is 14.0. The third kappa shape index (κ3) is 3.58. The SMILES string of the molecule is CCCCN1CCC(Cc2[nH]c3ccccc3c2C(N)=O)CC1. The first-order chi connectivity index (χ1) is 11.2. The first kappa shape index (κ1) is 16.1. The molecule has 1 amide bonds. The number of H-pyrrole nitrogens is 1. The Morgan fingerprint density at radius 1 is 1.30 bits per heavy atom. The van der Waals surface area contributed by atoms with E-state index in [1.54, 1.807) is 0 Å². The van der Waals surface area contributed by atoms with Gasteiger partial charge in [0.15, 0.2) is 0 Å². The van der Waals surface area contributed by atoms with Crippen LogP contribution in [0.15, 0.2) is 24.3 Å². The minimum Gasteiger partial charge on any atom is -0.366 e. The number of fused-ring (bicyclic) bond motifs is 1. The van der Waals surface area contributed by atoms with E-state index in [-0.39, 0.29) is 5.91 Å². The lowest BCUT2D eigenvalue weighted by atomic mass is 9.90. The molecule has 1 aliphatic heterocycles. The Morgan fingerprint density at radius 2 is 2.04 bits per heavy atom. The Morgan fingerprint density at radius 3 is 2.74 bits per heavy atom. The normalized spacial score (nSPS) is 16.9. The van der Waals surface area contributed by atoms with Crippen LogP contribution in [0.5, 0.6) is 0 Å². The maximum Gasteiger partial charge on any atom is 0.251 e. The summed E-state index contributed by atoms with van der Waals surface area (Å²) in [5.41, 5.74) is 8.36. The topological polar surface area (TPSA) is 62.1 Å². The van der Waals surface area contributed by atoms with Crippen molar-refractivity contribution in [1.82, 2.24) is 9.88 Å². The van der Waals surface area contributed by atoms with E-state index in [0.29, 0.717) is 11.5 Å². The van der Waals surface area contributed by atoms with Gasteiger partial charge < -0.3 is 15.6 Å². The van der Waals surface area contributed by atoms with Gasteiger partial charge in [0.05, 0.1) is 5.56 Å². The number of nitrogens with one attached hydrogen (secondary N) is 1. The smallest absolute Gasteiger partial charge is 0.251 e. The number of amides is 1. The molecular weight excluding hydrogens is 286 g/mol. The lowest BCUT2D eigenvalue weighted by molar-refractivity contribution is 0.100. The lowest BCUT2D eigenvalue weighted by Gasteiger charge is -2.31. The second-order valence-electron chi connectivity index (χ2n) is 6.73. The molecule has 3 rings (SSSR count). The highest BCUT2D eigenvalue weighted by molar-refractivity contribution is 6.07. The molecule has 1 aromatic carbocycles. The van der Waals surface area contributed by atoms with E-state index in [0.717, 1.165) is 23.0 Å². The molecule has 0 aliphatic carbocycles. The number of nitrogens with zero attached hydrogens (tertiary/aromatic N) is 1. The largest absolute Gasteiger partial charge is 0.366 e. The van der Waals surface area contributed by atoms with Crippen LogP contribution < -0.4 is 5.73 Å². The molecule has 0 radical (unpaired) electrons. The maximum absolute atomic E-state index is 11.9. The van der Waals surface area contributed by atoms with Gasteiger partial charge in [-0.1, -0.05) is 31.5 Å². The first-order valence-electron chi connectivity index (χ1n) is 8.80. The van der Waals surface area contributed by atoms with E-state index in [2.05, 4.69) is 16.8 Å². The molecule has 23 heavy (non-hydrogen) atoms. The fourth-order valence-corrected chi connectivity index (χ4v) is 3.72. The average molecular weight is 313 g/mol. The van der Waals surface area contributed by atoms with E-state index in [9.17, 15) is 4.79 Å². The highest BCUT2D eigenvalue weighted by Gasteiger charge is 2.23. The second kappa shape index (κ2) is 7.18. The van der Waals surface area contributed by atoms with E-state index in [4.69, 9.17) is 5.73 Å². The number of aromatic nitrogens is 1. The molecule has 3 N–H and O–H groups in total. The number of piperidine rings is 1. The molecule has 0 spiro atoms. The highest BCUT2D eigenvalue weighted by Crippen LogP contribution is 2.27. The van der Waals surface area contributed by atoms with Crippen molar-refractivity contribution in [2.75, 3.05) is 19.6 Å². The molecular formula is C19H27N3O. The summed E-state index contributed by atoms with van der Waals surface area (Å²) in [6, 6.07) is 7.93. The van der Waals surface area contributed by atoms with Gasteiger partial charge in [0.1, 0.15) is 0 Å². The predicted octanol–water partition coefficient (Wildman–Crippen LogP) is 3.32. The van der Waals surface area contributed by atoms with Crippen LogP contribution in [-0.4, -0.2) is 35.4 Å². The number of primary amides is 1. The number of unbranched alkanes of at least 4 members (excludes halogenated alkanes) is 1. The molecule has 0 atom stereocenters. The van der Waals surface area contributed by atoms with Gasteiger partial charge in [-0.25, -0.2) is 0 Å². The molecule has 1 fully saturated rings. The van der Waals surface area contributed by atoms with Crippen LogP contribution >= 0.6 is 0 Å². The van der Waals surface area contributed by atoms with Gasteiger partial charge in [0.25, 0.3) is 5.91 Å². The summed E-state index contributed by atoms with van der Waals surface area (Å²) in [5, 5.41) is 0.954. The van der Waals surface area contributed by atoms with E-state index in [1.807, 2.05) is 24.3 Å². The number of para-hydroxylation sites is 1. The Hall–Kier alpha value is -1.81. The van der Waals surface area contributed by atoms with Gasteiger partial charge >= 0.3 is 0 Å². The molecule has 0 bridgehead atoms. The Labute approximate surface area is 138 Å². The number of benzene rings is 1. The van der Waals surface area contributed by atoms with Gasteiger partial charge in [-0.05, 0) is 57.3 Å². The molecule has 0 unspecified atom stereocenters. The quantitative estimate of drug-likeness (QED) is 0.859. The van der Waals surface area contributed by atoms with E-state index >= 15 is 0 Å². The Kier molecular flexibility index (Phi) is 5.01. The molecule has 0 saturated carbocycles. The number of rotatable bonds is 6. The third-order valence-corrected chi connectivity index (χ3v) is 5.06. The molecule has 124 valence electrons. The minimum absolute atomic E-state index is 0.321. The van der Waals surface area contributed by atoms with Crippen LogP contribution in [-0.2, 0) is 6.42 Å². The predicted molar refractivity (Wildman–Crippen MR) is 94.6 cm³/mol. The molecule has 2 heterocycles. The summed E-state index contributed by atoms with van der Waals surface area (Å²) in [7, 11) is 0. The summed E-state index contributed by atoms with van der Waals surface area (Å²) in [4.78, 5) is 17.9. The number of likely N-dealkylation sites (tertiary alicyclic amines) is 1. The molecule has 1 saturated heterocycles. The Bertz CT molecular complexity index is 668. The zero-order chi connectivity index (χ0) is 16.2. The van der Waals surface area contributed by atoms with E-state index in [1.165, 1.54) is 45.3 Å². The van der Waals surface area contributed by atoms with Crippen molar-refractivity contribution in [2.45, 2.75) is 39.0 Å². The van der Waals surface area contributed by atoms with Crippen LogP contribution in [0.2, 0.25) is 0 Å². The summed E-state index contributed by atoms with van der Waals surface area (Å²) >= 11 is 0. The van der Waals surface area contributed by atoms with Gasteiger partial charge in [0.2, 0.25) is 0 Å². The van der Waals surface area contributed by atoms with Gasteiger partial charge in [-0.2, -0.15) is 0 Å². The number of hydrogen-bond donors (Lipinski definition) is 2. The minimum atomic E-state index is -0.321. The molecule has 1 aromatic heterocycles. The maximum atomic E-state index is 11.9. The van der Waals surface area contributed by atoms with Crippen molar-refractivity contribution in [1.29, 1.82) is 0 Å². The molecule has 2 aromatic rings. The fraction of sp³-hybridized carbons (Fsp3) is 0.526. The monoisotopic (exact) mass is 313 g/mol. The lowest BCUT2D eigenvalue weighted by Crippen LogP contribution is -2.35.